The van der Waals surface area contributed by atoms with Gasteiger partial charge in [0.25, 0.3) is 11.8 Å². The van der Waals surface area contributed by atoms with Crippen molar-refractivity contribution in [1.29, 1.82) is 5.26 Å². The van der Waals surface area contributed by atoms with E-state index in [0.717, 1.165) is 11.1 Å². The monoisotopic (exact) mass is 459 g/mol. The Hall–Kier alpha value is -4.08. The predicted octanol–water partition coefficient (Wildman–Crippen LogP) is 5.52. The molecule has 0 unspecified atom stereocenters. The highest BCUT2D eigenvalue weighted by Gasteiger charge is 2.14. The van der Waals surface area contributed by atoms with Gasteiger partial charge >= 0.3 is 0 Å². The molecule has 0 aliphatic carbocycles. The van der Waals surface area contributed by atoms with Gasteiger partial charge in [-0.25, -0.2) is 0 Å². The van der Waals surface area contributed by atoms with Gasteiger partial charge in [0.15, 0.2) is 6.61 Å². The van der Waals surface area contributed by atoms with Crippen LogP contribution < -0.4 is 15.4 Å². The Morgan fingerprint density at radius 3 is 2.52 bits per heavy atom. The van der Waals surface area contributed by atoms with Gasteiger partial charge in [-0.15, -0.1) is 0 Å². The molecule has 3 rings (SSSR count). The fourth-order valence-electron chi connectivity index (χ4n) is 3.01. The number of nitrogens with zero attached hydrogens (tertiary/aromatic N) is 1. The number of halogens is 1. The summed E-state index contributed by atoms with van der Waals surface area (Å²) in [4.78, 5) is 25.0. The molecule has 0 saturated carbocycles. The number of para-hydroxylation sites is 1. The van der Waals surface area contributed by atoms with Crippen molar-refractivity contribution in [2.24, 2.45) is 0 Å². The van der Waals surface area contributed by atoms with Crippen molar-refractivity contribution in [2.45, 2.75) is 13.8 Å². The van der Waals surface area contributed by atoms with Crippen molar-refractivity contribution < 1.29 is 14.3 Å². The maximum atomic E-state index is 12.7. The van der Waals surface area contributed by atoms with Gasteiger partial charge in [0.1, 0.15) is 17.4 Å². The average molecular weight is 460 g/mol. The van der Waals surface area contributed by atoms with Crippen LogP contribution in [0.15, 0.2) is 72.3 Å². The van der Waals surface area contributed by atoms with Crippen LogP contribution in [0, 0.1) is 25.2 Å². The van der Waals surface area contributed by atoms with E-state index >= 15 is 0 Å². The minimum Gasteiger partial charge on any atom is -0.483 e. The van der Waals surface area contributed by atoms with Gasteiger partial charge in [0.05, 0.1) is 0 Å². The normalized spacial score (nSPS) is 10.8. The number of benzene rings is 3. The summed E-state index contributed by atoms with van der Waals surface area (Å²) < 4.78 is 5.65. The molecule has 0 aromatic heterocycles. The maximum absolute atomic E-state index is 12.7. The second kappa shape index (κ2) is 11.0. The largest absolute Gasteiger partial charge is 0.483 e. The first kappa shape index (κ1) is 23.6. The number of hydrogen-bond acceptors (Lipinski definition) is 4. The molecule has 0 radical (unpaired) electrons. The molecule has 0 spiro atoms. The summed E-state index contributed by atoms with van der Waals surface area (Å²) >= 11 is 6.11. The van der Waals surface area contributed by atoms with Gasteiger partial charge in [-0.05, 0) is 67.4 Å². The number of ether oxygens (including phenoxy) is 1. The third-order valence-corrected chi connectivity index (χ3v) is 5.14. The second-order valence-corrected chi connectivity index (χ2v) is 7.69. The van der Waals surface area contributed by atoms with Gasteiger partial charge in [0, 0.05) is 22.0 Å². The molecule has 166 valence electrons. The number of hydrogen-bond donors (Lipinski definition) is 2. The number of rotatable bonds is 7. The van der Waals surface area contributed by atoms with E-state index in [-0.39, 0.29) is 18.1 Å². The van der Waals surface area contributed by atoms with Crippen LogP contribution in [0.25, 0.3) is 6.08 Å². The Labute approximate surface area is 197 Å². The van der Waals surface area contributed by atoms with Gasteiger partial charge in [-0.2, -0.15) is 5.26 Å². The van der Waals surface area contributed by atoms with Crippen LogP contribution in [0.5, 0.6) is 5.75 Å². The Morgan fingerprint density at radius 2 is 1.79 bits per heavy atom. The summed E-state index contributed by atoms with van der Waals surface area (Å²) in [5.74, 6) is -0.590. The van der Waals surface area contributed by atoms with E-state index in [4.69, 9.17) is 16.3 Å². The molecule has 0 aliphatic heterocycles. The van der Waals surface area contributed by atoms with Gasteiger partial charge < -0.3 is 15.4 Å². The van der Waals surface area contributed by atoms with E-state index in [9.17, 15) is 14.9 Å². The van der Waals surface area contributed by atoms with Crippen LogP contribution >= 0.6 is 11.6 Å². The van der Waals surface area contributed by atoms with E-state index < -0.39 is 5.91 Å². The Morgan fingerprint density at radius 1 is 1.03 bits per heavy atom. The molecule has 7 heteroatoms. The summed E-state index contributed by atoms with van der Waals surface area (Å²) in [6.45, 7) is 3.58. The highest BCUT2D eigenvalue weighted by Crippen LogP contribution is 2.26. The van der Waals surface area contributed by atoms with Crippen LogP contribution in [-0.2, 0) is 9.59 Å². The number of amides is 2. The molecule has 3 aromatic rings. The van der Waals surface area contributed by atoms with Crippen molar-refractivity contribution in [3.8, 4) is 11.8 Å². The zero-order chi connectivity index (χ0) is 23.8. The number of anilines is 2. The number of carbonyl (C=O) groups is 2. The summed E-state index contributed by atoms with van der Waals surface area (Å²) in [7, 11) is 0. The average Bonchev–Trinajstić information content (AvgIpc) is 2.80. The van der Waals surface area contributed by atoms with Crippen molar-refractivity contribution in [3.05, 3.63) is 94.0 Å². The zero-order valence-electron chi connectivity index (χ0n) is 18.2. The first-order chi connectivity index (χ1) is 15.9. The van der Waals surface area contributed by atoms with E-state index in [0.29, 0.717) is 27.7 Å². The standard InChI is InChI=1S/C26H22ClN3O3/c1-17-7-6-10-23(18(17)2)30-26(32)20(15-28)13-19-14-21(27)11-12-24(19)33-16-25(31)29-22-8-4-3-5-9-22/h3-14H,16H2,1-2H3,(H,29,31)(H,30,32)/b20-13+. The molecule has 6 nitrogen and oxygen atoms in total. The number of aryl methyl sites for hydroxylation is 1. The first-order valence-corrected chi connectivity index (χ1v) is 10.5. The molecule has 33 heavy (non-hydrogen) atoms. The topological polar surface area (TPSA) is 91.2 Å². The molecular weight excluding hydrogens is 438 g/mol. The zero-order valence-corrected chi connectivity index (χ0v) is 18.9. The Bertz CT molecular complexity index is 1250. The molecule has 0 saturated heterocycles. The van der Waals surface area contributed by atoms with Crippen LogP contribution in [0.1, 0.15) is 16.7 Å². The van der Waals surface area contributed by atoms with Crippen molar-refractivity contribution >= 4 is 40.9 Å². The number of carbonyl (C=O) groups excluding carboxylic acids is 2. The van der Waals surface area contributed by atoms with E-state index in [1.165, 1.54) is 6.08 Å². The van der Waals surface area contributed by atoms with Gasteiger partial charge in [0.2, 0.25) is 0 Å². The lowest BCUT2D eigenvalue weighted by molar-refractivity contribution is -0.118. The molecule has 2 N–H and O–H groups in total. The fraction of sp³-hybridized carbons (Fsp3) is 0.115. The third kappa shape index (κ3) is 6.45. The smallest absolute Gasteiger partial charge is 0.266 e. The van der Waals surface area contributed by atoms with Crippen LogP contribution in [-0.4, -0.2) is 18.4 Å². The molecule has 3 aromatic carbocycles. The van der Waals surface area contributed by atoms with Crippen molar-refractivity contribution in [3.63, 3.8) is 0 Å². The predicted molar refractivity (Wildman–Crippen MR) is 130 cm³/mol. The van der Waals surface area contributed by atoms with Crippen LogP contribution in [0.4, 0.5) is 11.4 Å². The molecule has 0 aliphatic rings. The Kier molecular flexibility index (Phi) is 7.85. The quantitative estimate of drug-likeness (QED) is 0.359. The minimum atomic E-state index is -0.557. The molecule has 2 amide bonds. The highest BCUT2D eigenvalue weighted by atomic mass is 35.5. The molecular formula is C26H22ClN3O3. The van der Waals surface area contributed by atoms with Crippen LogP contribution in [0.3, 0.4) is 0 Å². The lowest BCUT2D eigenvalue weighted by Gasteiger charge is -2.12. The SMILES string of the molecule is Cc1cccc(NC(=O)/C(C#N)=C/c2cc(Cl)ccc2OCC(=O)Nc2ccccc2)c1C. The van der Waals surface area contributed by atoms with Gasteiger partial charge in [-0.3, -0.25) is 9.59 Å². The first-order valence-electron chi connectivity index (χ1n) is 10.1. The highest BCUT2D eigenvalue weighted by molar-refractivity contribution is 6.30. The van der Waals surface area contributed by atoms with Gasteiger partial charge in [-0.1, -0.05) is 41.9 Å². The Balaban J connectivity index is 1.77. The second-order valence-electron chi connectivity index (χ2n) is 7.26. The lowest BCUT2D eigenvalue weighted by Crippen LogP contribution is -2.20. The van der Waals surface area contributed by atoms with Crippen molar-refractivity contribution in [2.75, 3.05) is 17.2 Å². The van der Waals surface area contributed by atoms with E-state index in [2.05, 4.69) is 10.6 Å². The van der Waals surface area contributed by atoms with E-state index in [1.807, 2.05) is 50.2 Å². The maximum Gasteiger partial charge on any atom is 0.266 e. The molecule has 0 bridgehead atoms. The minimum absolute atomic E-state index is 0.128. The molecule has 0 heterocycles. The summed E-state index contributed by atoms with van der Waals surface area (Å²) in [6, 6.07) is 21.2. The third-order valence-electron chi connectivity index (χ3n) is 4.91. The lowest BCUT2D eigenvalue weighted by atomic mass is 10.1. The molecule has 0 atom stereocenters. The summed E-state index contributed by atoms with van der Waals surface area (Å²) in [5, 5.41) is 15.5. The van der Waals surface area contributed by atoms with Crippen molar-refractivity contribution in [1.82, 2.24) is 0 Å². The summed E-state index contributed by atoms with van der Waals surface area (Å²) in [5.41, 5.74) is 3.49. The fourth-order valence-corrected chi connectivity index (χ4v) is 3.19. The number of nitrogens with one attached hydrogen (secondary N) is 2. The van der Waals surface area contributed by atoms with E-state index in [1.54, 1.807) is 36.4 Å². The van der Waals surface area contributed by atoms with Crippen LogP contribution in [0.2, 0.25) is 5.02 Å². The summed E-state index contributed by atoms with van der Waals surface area (Å²) in [6.07, 6.45) is 1.39. The number of nitriles is 1. The molecule has 0 fully saturated rings.